The summed E-state index contributed by atoms with van der Waals surface area (Å²) in [6, 6.07) is 0.317. The summed E-state index contributed by atoms with van der Waals surface area (Å²) in [5, 5.41) is 3.46. The van der Waals surface area contributed by atoms with Gasteiger partial charge in [0.05, 0.1) is 6.33 Å². The molecule has 1 saturated carbocycles. The number of hydrogen-bond acceptors (Lipinski definition) is 11. The summed E-state index contributed by atoms with van der Waals surface area (Å²) in [7, 11) is 0. The molecular weight excluding hydrogens is 561 g/mol. The molecule has 2 aromatic rings. The van der Waals surface area contributed by atoms with Crippen LogP contribution in [0, 0.1) is 3.83 Å². The summed E-state index contributed by atoms with van der Waals surface area (Å²) in [6.45, 7) is 3.57. The van der Waals surface area contributed by atoms with Crippen LogP contribution in [0.5, 0.6) is 0 Å². The van der Waals surface area contributed by atoms with Gasteiger partial charge in [0.1, 0.15) is 12.7 Å². The van der Waals surface area contributed by atoms with Gasteiger partial charge in [0, 0.05) is 49.4 Å². The number of carbonyl (C=O) groups excluding carboxylic acids is 3. The van der Waals surface area contributed by atoms with Crippen molar-refractivity contribution in [3.8, 4) is 0 Å². The number of rotatable bonds is 7. The topological polar surface area (TPSA) is 144 Å². The number of halogens is 1. The quantitative estimate of drug-likeness (QED) is 0.220. The second-order valence-electron chi connectivity index (χ2n) is 8.31. The fraction of sp³-hybridized carbons (Fsp3) is 0.619. The van der Waals surface area contributed by atoms with E-state index in [0.29, 0.717) is 26.9 Å². The Hall–Kier alpha value is -2.55. The Morgan fingerprint density at radius 3 is 2.41 bits per heavy atom. The van der Waals surface area contributed by atoms with Crippen molar-refractivity contribution in [3.05, 3.63) is 10.2 Å². The van der Waals surface area contributed by atoms with Gasteiger partial charge in [-0.15, -0.1) is 0 Å². The van der Waals surface area contributed by atoms with Crippen LogP contribution in [0.25, 0.3) is 11.2 Å². The van der Waals surface area contributed by atoms with E-state index in [4.69, 9.17) is 18.9 Å². The van der Waals surface area contributed by atoms with Crippen molar-refractivity contribution in [1.29, 1.82) is 0 Å². The van der Waals surface area contributed by atoms with E-state index in [0.717, 1.165) is 12.8 Å². The van der Waals surface area contributed by atoms with Crippen molar-refractivity contribution in [2.45, 2.75) is 77.0 Å². The zero-order valence-corrected chi connectivity index (χ0v) is 21.2. The van der Waals surface area contributed by atoms with Crippen LogP contribution in [0.4, 0.5) is 5.82 Å². The first-order valence-corrected chi connectivity index (χ1v) is 12.1. The van der Waals surface area contributed by atoms with Gasteiger partial charge in [0.25, 0.3) is 0 Å². The SMILES string of the molecule is CC(=O)OC[C@H]1O[C@@H](n2cnc3c(NC4CCCC4)nc(I)nc32)[C@@H](OC(C)=O)[C@@H]1OC(C)=O. The molecule has 34 heavy (non-hydrogen) atoms. The summed E-state index contributed by atoms with van der Waals surface area (Å²) >= 11 is 2.03. The van der Waals surface area contributed by atoms with Gasteiger partial charge in [-0.3, -0.25) is 19.0 Å². The van der Waals surface area contributed by atoms with E-state index in [-0.39, 0.29) is 6.61 Å². The minimum atomic E-state index is -1.02. The number of nitrogens with one attached hydrogen (secondary N) is 1. The lowest BCUT2D eigenvalue weighted by Gasteiger charge is -2.23. The molecule has 0 aromatic carbocycles. The third-order valence-electron chi connectivity index (χ3n) is 5.70. The van der Waals surface area contributed by atoms with E-state index in [1.165, 1.54) is 39.9 Å². The van der Waals surface area contributed by atoms with Crippen LogP contribution in [0.1, 0.15) is 52.7 Å². The second-order valence-corrected chi connectivity index (χ2v) is 9.27. The van der Waals surface area contributed by atoms with Crippen LogP contribution in [0.3, 0.4) is 0 Å². The number of ether oxygens (including phenoxy) is 4. The predicted octanol–water partition coefficient (Wildman–Crippen LogP) is 2.11. The molecule has 4 rings (SSSR count). The molecule has 1 saturated heterocycles. The molecule has 0 radical (unpaired) electrons. The first kappa shape index (κ1) is 24.6. The van der Waals surface area contributed by atoms with Crippen molar-refractivity contribution >= 4 is 57.5 Å². The number of carbonyl (C=O) groups is 3. The van der Waals surface area contributed by atoms with Gasteiger partial charge in [-0.05, 0) is 12.8 Å². The van der Waals surface area contributed by atoms with Gasteiger partial charge in [-0.25, -0.2) is 15.0 Å². The molecule has 1 aliphatic carbocycles. The Bertz CT molecular complexity index is 1090. The highest BCUT2D eigenvalue weighted by molar-refractivity contribution is 14.1. The smallest absolute Gasteiger partial charge is 0.303 e. The van der Waals surface area contributed by atoms with E-state index < -0.39 is 42.4 Å². The molecule has 0 spiro atoms. The van der Waals surface area contributed by atoms with Crippen molar-refractivity contribution in [2.75, 3.05) is 11.9 Å². The normalized spacial score (nSPS) is 24.8. The standard InChI is InChI=1S/C21H26IN5O7/c1-10(28)31-8-14-16(32-11(2)29)17(33-12(3)30)20(34-14)27-9-23-15-18(24-13-6-4-5-7-13)25-21(22)26-19(15)27/h9,13-14,16-17,20H,4-8H2,1-3H3,(H,24,25,26)/t14-,16-,17+,20-/m1/s1. The molecule has 12 nitrogen and oxygen atoms in total. The Balaban J connectivity index is 1.71. The molecule has 2 aromatic heterocycles. The minimum Gasteiger partial charge on any atom is -0.463 e. The lowest BCUT2D eigenvalue weighted by molar-refractivity contribution is -0.166. The molecule has 2 fully saturated rings. The highest BCUT2D eigenvalue weighted by Gasteiger charge is 2.51. The summed E-state index contributed by atoms with van der Waals surface area (Å²) < 4.78 is 24.3. The number of aromatic nitrogens is 4. The third kappa shape index (κ3) is 5.40. The highest BCUT2D eigenvalue weighted by atomic mass is 127. The van der Waals surface area contributed by atoms with Crippen LogP contribution in [0.2, 0.25) is 0 Å². The van der Waals surface area contributed by atoms with Crippen LogP contribution in [-0.4, -0.2) is 68.4 Å². The number of esters is 3. The van der Waals surface area contributed by atoms with Crippen molar-refractivity contribution < 1.29 is 33.3 Å². The Morgan fingerprint density at radius 1 is 1.09 bits per heavy atom. The largest absolute Gasteiger partial charge is 0.463 e. The molecule has 3 heterocycles. The number of fused-ring (bicyclic) bond motifs is 1. The van der Waals surface area contributed by atoms with Crippen molar-refractivity contribution in [1.82, 2.24) is 19.5 Å². The Kier molecular flexibility index (Phi) is 7.50. The first-order chi connectivity index (χ1) is 16.2. The van der Waals surface area contributed by atoms with Crippen LogP contribution < -0.4 is 5.32 Å². The maximum absolute atomic E-state index is 11.9. The van der Waals surface area contributed by atoms with Crippen LogP contribution in [0.15, 0.2) is 6.33 Å². The second kappa shape index (κ2) is 10.4. The zero-order chi connectivity index (χ0) is 24.4. The van der Waals surface area contributed by atoms with E-state index in [1.54, 1.807) is 4.57 Å². The summed E-state index contributed by atoms with van der Waals surface area (Å²) in [6.07, 6.45) is 2.17. The lowest BCUT2D eigenvalue weighted by atomic mass is 10.1. The van der Waals surface area contributed by atoms with E-state index in [2.05, 4.69) is 20.3 Å². The average molecular weight is 587 g/mol. The molecule has 1 aliphatic heterocycles. The predicted molar refractivity (Wildman–Crippen MR) is 126 cm³/mol. The average Bonchev–Trinajstić information content (AvgIpc) is 3.46. The highest BCUT2D eigenvalue weighted by Crippen LogP contribution is 2.37. The summed E-state index contributed by atoms with van der Waals surface area (Å²) in [4.78, 5) is 48.7. The van der Waals surface area contributed by atoms with Crippen LogP contribution in [-0.2, 0) is 33.3 Å². The van der Waals surface area contributed by atoms with Gasteiger partial charge in [0.15, 0.2) is 39.2 Å². The van der Waals surface area contributed by atoms with Gasteiger partial charge >= 0.3 is 17.9 Å². The first-order valence-electron chi connectivity index (χ1n) is 11.0. The van der Waals surface area contributed by atoms with Crippen molar-refractivity contribution in [2.24, 2.45) is 0 Å². The summed E-state index contributed by atoms with van der Waals surface area (Å²) in [5.74, 6) is -1.07. The number of anilines is 1. The fourth-order valence-electron chi connectivity index (χ4n) is 4.36. The minimum absolute atomic E-state index is 0.185. The number of hydrogen-bond donors (Lipinski definition) is 1. The maximum Gasteiger partial charge on any atom is 0.303 e. The van der Waals surface area contributed by atoms with Gasteiger partial charge < -0.3 is 24.3 Å². The van der Waals surface area contributed by atoms with Gasteiger partial charge in [0.2, 0.25) is 0 Å². The molecule has 4 atom stereocenters. The zero-order valence-electron chi connectivity index (χ0n) is 19.0. The van der Waals surface area contributed by atoms with Gasteiger partial charge in [-0.1, -0.05) is 12.8 Å². The molecule has 0 bridgehead atoms. The van der Waals surface area contributed by atoms with Crippen LogP contribution >= 0.6 is 22.6 Å². The molecule has 0 amide bonds. The molecule has 13 heteroatoms. The molecule has 0 unspecified atom stereocenters. The Labute approximate surface area is 209 Å². The molecular formula is C21H26IN5O7. The van der Waals surface area contributed by atoms with Gasteiger partial charge in [-0.2, -0.15) is 0 Å². The fourth-order valence-corrected chi connectivity index (χ4v) is 4.83. The third-order valence-corrected chi connectivity index (χ3v) is 6.19. The Morgan fingerprint density at radius 2 is 1.76 bits per heavy atom. The number of nitrogens with zero attached hydrogens (tertiary/aromatic N) is 4. The van der Waals surface area contributed by atoms with E-state index in [9.17, 15) is 14.4 Å². The summed E-state index contributed by atoms with van der Waals surface area (Å²) in [5.41, 5.74) is 1.02. The lowest BCUT2D eigenvalue weighted by Crippen LogP contribution is -2.40. The van der Waals surface area contributed by atoms with Crippen molar-refractivity contribution in [3.63, 3.8) is 0 Å². The van der Waals surface area contributed by atoms with E-state index in [1.807, 2.05) is 22.6 Å². The molecule has 2 aliphatic rings. The molecule has 1 N–H and O–H groups in total. The molecule has 184 valence electrons. The number of imidazole rings is 1. The maximum atomic E-state index is 11.9. The van der Waals surface area contributed by atoms with E-state index >= 15 is 0 Å². The monoisotopic (exact) mass is 587 g/mol.